The highest BCUT2D eigenvalue weighted by Gasteiger charge is 2.17. The lowest BCUT2D eigenvalue weighted by Gasteiger charge is -2.30. The van der Waals surface area contributed by atoms with E-state index < -0.39 is 0 Å². The van der Waals surface area contributed by atoms with E-state index in [2.05, 4.69) is 36.9 Å². The Balaban J connectivity index is 1.81. The molecule has 1 aromatic rings. The van der Waals surface area contributed by atoms with Gasteiger partial charge in [-0.05, 0) is 25.0 Å². The number of hydrogen-bond donors (Lipinski definition) is 0. The average Bonchev–Trinajstić information content (AvgIpc) is 2.79. The van der Waals surface area contributed by atoms with Gasteiger partial charge in [-0.2, -0.15) is 0 Å². The quantitative estimate of drug-likeness (QED) is 0.254. The Morgan fingerprint density at radius 3 is 1.93 bits per heavy atom. The minimum atomic E-state index is 0.777. The van der Waals surface area contributed by atoms with Crippen LogP contribution >= 0.6 is 0 Å². The van der Waals surface area contributed by atoms with Gasteiger partial charge < -0.3 is 19.1 Å². The fourth-order valence-electron chi connectivity index (χ4n) is 3.90. The summed E-state index contributed by atoms with van der Waals surface area (Å²) in [5.74, 6) is 1.94. The third-order valence-electron chi connectivity index (χ3n) is 5.80. The van der Waals surface area contributed by atoms with Crippen LogP contribution in [0.2, 0.25) is 0 Å². The lowest BCUT2D eigenvalue weighted by molar-refractivity contribution is 0.122. The molecule has 0 amide bonds. The maximum Gasteiger partial charge on any atom is 0.142 e. The lowest BCUT2D eigenvalue weighted by atomic mass is 10.1. The molecule has 1 fully saturated rings. The van der Waals surface area contributed by atoms with Crippen molar-refractivity contribution < 1.29 is 14.2 Å². The van der Waals surface area contributed by atoms with E-state index in [-0.39, 0.29) is 0 Å². The fraction of sp³-hybridized carbons (Fsp3) is 0.769. The summed E-state index contributed by atoms with van der Waals surface area (Å²) in [6.07, 6.45) is 15.4. The van der Waals surface area contributed by atoms with Crippen molar-refractivity contribution in [3.05, 3.63) is 18.2 Å². The van der Waals surface area contributed by atoms with Crippen LogP contribution < -0.4 is 14.4 Å². The van der Waals surface area contributed by atoms with Gasteiger partial charge in [0.15, 0.2) is 0 Å². The van der Waals surface area contributed by atoms with Crippen LogP contribution in [0.15, 0.2) is 18.2 Å². The van der Waals surface area contributed by atoms with Crippen molar-refractivity contribution in [2.45, 2.75) is 90.9 Å². The van der Waals surface area contributed by atoms with Crippen LogP contribution in [0.4, 0.5) is 5.69 Å². The molecular weight excluding hydrogens is 374 g/mol. The molecule has 4 heteroatoms. The Morgan fingerprint density at radius 1 is 0.733 bits per heavy atom. The number of nitrogens with zero attached hydrogens (tertiary/aromatic N) is 1. The van der Waals surface area contributed by atoms with Gasteiger partial charge in [0.1, 0.15) is 11.5 Å². The molecule has 2 rings (SSSR count). The average molecular weight is 420 g/mol. The summed E-state index contributed by atoms with van der Waals surface area (Å²) in [7, 11) is 0. The van der Waals surface area contributed by atoms with Gasteiger partial charge in [-0.15, -0.1) is 0 Å². The van der Waals surface area contributed by atoms with Crippen molar-refractivity contribution >= 4 is 5.69 Å². The van der Waals surface area contributed by atoms with Gasteiger partial charge in [0.2, 0.25) is 0 Å². The van der Waals surface area contributed by atoms with Crippen LogP contribution in [0.25, 0.3) is 0 Å². The molecule has 0 N–H and O–H groups in total. The van der Waals surface area contributed by atoms with Crippen molar-refractivity contribution in [3.63, 3.8) is 0 Å². The molecule has 1 aliphatic rings. The molecule has 0 atom stereocenters. The normalized spacial score (nSPS) is 14.1. The zero-order valence-corrected chi connectivity index (χ0v) is 19.6. The minimum Gasteiger partial charge on any atom is -0.494 e. The second kappa shape index (κ2) is 16.3. The maximum atomic E-state index is 6.19. The maximum absolute atomic E-state index is 6.19. The zero-order chi connectivity index (χ0) is 21.3. The summed E-state index contributed by atoms with van der Waals surface area (Å²) in [5, 5.41) is 0. The number of morpholine rings is 1. The van der Waals surface area contributed by atoms with Crippen LogP contribution in [0, 0.1) is 0 Å². The van der Waals surface area contributed by atoms with Gasteiger partial charge in [-0.1, -0.05) is 78.1 Å². The molecule has 4 nitrogen and oxygen atoms in total. The fourth-order valence-corrected chi connectivity index (χ4v) is 3.90. The predicted molar refractivity (Wildman–Crippen MR) is 127 cm³/mol. The van der Waals surface area contributed by atoms with E-state index in [0.717, 1.165) is 69.5 Å². The summed E-state index contributed by atoms with van der Waals surface area (Å²) < 4.78 is 17.8. The Kier molecular flexibility index (Phi) is 13.5. The van der Waals surface area contributed by atoms with E-state index in [1.54, 1.807) is 0 Å². The van der Waals surface area contributed by atoms with Crippen molar-refractivity contribution in [1.29, 1.82) is 0 Å². The molecule has 0 spiro atoms. The molecule has 30 heavy (non-hydrogen) atoms. The molecule has 0 bridgehead atoms. The molecule has 1 aromatic carbocycles. The summed E-state index contributed by atoms with van der Waals surface area (Å²) in [6.45, 7) is 9.49. The molecule has 1 saturated heterocycles. The summed E-state index contributed by atoms with van der Waals surface area (Å²) in [5.41, 5.74) is 1.16. The van der Waals surface area contributed by atoms with Gasteiger partial charge in [0.25, 0.3) is 0 Å². The van der Waals surface area contributed by atoms with Gasteiger partial charge in [0, 0.05) is 19.2 Å². The van der Waals surface area contributed by atoms with E-state index in [1.165, 1.54) is 64.2 Å². The smallest absolute Gasteiger partial charge is 0.142 e. The number of benzene rings is 1. The first-order chi connectivity index (χ1) is 14.8. The first-order valence-corrected chi connectivity index (χ1v) is 12.6. The third kappa shape index (κ3) is 10.1. The Morgan fingerprint density at radius 2 is 1.30 bits per heavy atom. The molecule has 0 aliphatic carbocycles. The van der Waals surface area contributed by atoms with Crippen LogP contribution in [0.1, 0.15) is 90.9 Å². The van der Waals surface area contributed by atoms with Crippen LogP contribution in [-0.4, -0.2) is 39.5 Å². The highest BCUT2D eigenvalue weighted by molar-refractivity contribution is 5.62. The van der Waals surface area contributed by atoms with Gasteiger partial charge >= 0.3 is 0 Å². The predicted octanol–water partition coefficient (Wildman–Crippen LogP) is 7.00. The van der Waals surface area contributed by atoms with Crippen LogP contribution in [0.5, 0.6) is 11.5 Å². The molecule has 0 aromatic heterocycles. The Labute approximate surface area is 185 Å². The van der Waals surface area contributed by atoms with E-state index in [0.29, 0.717) is 0 Å². The topological polar surface area (TPSA) is 30.9 Å². The monoisotopic (exact) mass is 419 g/mol. The summed E-state index contributed by atoms with van der Waals surface area (Å²) >= 11 is 0. The summed E-state index contributed by atoms with van der Waals surface area (Å²) in [6, 6.07) is 6.33. The Hall–Kier alpha value is -1.42. The lowest BCUT2D eigenvalue weighted by Crippen LogP contribution is -2.36. The highest BCUT2D eigenvalue weighted by atomic mass is 16.5. The SMILES string of the molecule is CCCCCCCCOc1ccc(OCCCCCCCC)c(N2CCOCC2)c1. The largest absolute Gasteiger partial charge is 0.494 e. The van der Waals surface area contributed by atoms with Crippen LogP contribution in [0.3, 0.4) is 0 Å². The van der Waals surface area contributed by atoms with E-state index >= 15 is 0 Å². The Bertz CT molecular complexity index is 543. The van der Waals surface area contributed by atoms with Gasteiger partial charge in [-0.3, -0.25) is 0 Å². The molecule has 0 saturated carbocycles. The number of unbranched alkanes of at least 4 members (excludes halogenated alkanes) is 10. The number of rotatable bonds is 17. The van der Waals surface area contributed by atoms with Gasteiger partial charge in [-0.25, -0.2) is 0 Å². The molecule has 1 aliphatic heterocycles. The molecule has 1 heterocycles. The number of anilines is 1. The molecule has 172 valence electrons. The van der Waals surface area contributed by atoms with Gasteiger partial charge in [0.05, 0.1) is 32.1 Å². The van der Waals surface area contributed by atoms with E-state index in [9.17, 15) is 0 Å². The number of ether oxygens (including phenoxy) is 3. The first-order valence-electron chi connectivity index (χ1n) is 12.6. The summed E-state index contributed by atoms with van der Waals surface area (Å²) in [4.78, 5) is 2.37. The van der Waals surface area contributed by atoms with E-state index in [4.69, 9.17) is 14.2 Å². The second-order valence-corrected chi connectivity index (χ2v) is 8.46. The standard InChI is InChI=1S/C26H45NO3/c1-3-5-7-9-11-13-19-29-24-15-16-26(30-20-14-12-10-8-6-4-2)25(23-24)27-17-21-28-22-18-27/h15-16,23H,3-14,17-22H2,1-2H3. The molecule has 0 radical (unpaired) electrons. The van der Waals surface area contributed by atoms with Crippen molar-refractivity contribution in [3.8, 4) is 11.5 Å². The number of hydrogen-bond acceptors (Lipinski definition) is 4. The second-order valence-electron chi connectivity index (χ2n) is 8.46. The van der Waals surface area contributed by atoms with Crippen molar-refractivity contribution in [1.82, 2.24) is 0 Å². The van der Waals surface area contributed by atoms with E-state index in [1.807, 2.05) is 0 Å². The minimum absolute atomic E-state index is 0.777. The van der Waals surface area contributed by atoms with Crippen molar-refractivity contribution in [2.75, 3.05) is 44.4 Å². The van der Waals surface area contributed by atoms with Crippen LogP contribution in [-0.2, 0) is 4.74 Å². The molecular formula is C26H45NO3. The van der Waals surface area contributed by atoms with Crippen molar-refractivity contribution in [2.24, 2.45) is 0 Å². The third-order valence-corrected chi connectivity index (χ3v) is 5.80. The first kappa shape index (κ1) is 24.8. The highest BCUT2D eigenvalue weighted by Crippen LogP contribution is 2.33. The zero-order valence-electron chi connectivity index (χ0n) is 19.6. The molecule has 0 unspecified atom stereocenters.